The molecule has 1 atom stereocenters. The molecule has 33 heavy (non-hydrogen) atoms. The lowest BCUT2D eigenvalue weighted by Gasteiger charge is -2.21. The van der Waals surface area contributed by atoms with Crippen LogP contribution in [0.15, 0.2) is 48.9 Å². The fraction of sp³-hybridized carbons (Fsp3) is 0.130. The number of halogens is 1. The van der Waals surface area contributed by atoms with Crippen LogP contribution >= 0.6 is 0 Å². The third-order valence-corrected chi connectivity index (χ3v) is 5.10. The number of nitriles is 1. The fourth-order valence-electron chi connectivity index (χ4n) is 3.59. The first kappa shape index (κ1) is 21.6. The quantitative estimate of drug-likeness (QED) is 0.428. The van der Waals surface area contributed by atoms with Crippen LogP contribution in [0.1, 0.15) is 34.6 Å². The maximum atomic E-state index is 14.1. The molecular formula is C23H19FN8O. The van der Waals surface area contributed by atoms with E-state index in [0.29, 0.717) is 27.9 Å². The molecule has 1 amide bonds. The average molecular weight is 442 g/mol. The van der Waals surface area contributed by atoms with Gasteiger partial charge in [-0.05, 0) is 37.3 Å². The predicted octanol–water partition coefficient (Wildman–Crippen LogP) is 3.21. The first-order valence-electron chi connectivity index (χ1n) is 9.98. The van der Waals surface area contributed by atoms with Crippen molar-refractivity contribution in [2.24, 2.45) is 0 Å². The van der Waals surface area contributed by atoms with E-state index >= 15 is 0 Å². The molecule has 0 aliphatic carbocycles. The first-order valence-corrected chi connectivity index (χ1v) is 9.98. The Morgan fingerprint density at radius 3 is 2.73 bits per heavy atom. The number of benzene rings is 1. The molecule has 0 spiro atoms. The van der Waals surface area contributed by atoms with E-state index in [1.54, 1.807) is 31.3 Å². The summed E-state index contributed by atoms with van der Waals surface area (Å²) in [7, 11) is 1.50. The van der Waals surface area contributed by atoms with Gasteiger partial charge in [-0.1, -0.05) is 6.07 Å². The van der Waals surface area contributed by atoms with Gasteiger partial charge in [0.2, 0.25) is 0 Å². The van der Waals surface area contributed by atoms with E-state index in [2.05, 4.69) is 25.6 Å². The van der Waals surface area contributed by atoms with Gasteiger partial charge in [0.15, 0.2) is 0 Å². The summed E-state index contributed by atoms with van der Waals surface area (Å²) in [5.41, 5.74) is 7.97. The molecule has 1 unspecified atom stereocenters. The molecule has 0 aliphatic heterocycles. The van der Waals surface area contributed by atoms with Gasteiger partial charge in [0.05, 0.1) is 28.5 Å². The molecule has 164 valence electrons. The van der Waals surface area contributed by atoms with Crippen LogP contribution in [0.25, 0.3) is 22.2 Å². The Labute approximate surface area is 188 Å². The molecule has 3 aromatic heterocycles. The van der Waals surface area contributed by atoms with Crippen LogP contribution in [0.5, 0.6) is 0 Å². The second-order valence-electron chi connectivity index (χ2n) is 7.16. The van der Waals surface area contributed by atoms with E-state index in [1.807, 2.05) is 6.07 Å². The van der Waals surface area contributed by atoms with E-state index in [0.717, 1.165) is 0 Å². The topological polar surface area (TPSA) is 142 Å². The minimum absolute atomic E-state index is 0.0418. The van der Waals surface area contributed by atoms with Crippen LogP contribution in [0, 0.1) is 17.1 Å². The second kappa shape index (κ2) is 8.84. The molecular weight excluding hydrogens is 423 g/mol. The largest absolute Gasteiger partial charge is 0.382 e. The summed E-state index contributed by atoms with van der Waals surface area (Å²) in [6, 6.07) is 10.8. The molecule has 10 heteroatoms. The van der Waals surface area contributed by atoms with Gasteiger partial charge in [-0.15, -0.1) is 0 Å². The monoisotopic (exact) mass is 442 g/mol. The molecule has 0 fully saturated rings. The minimum atomic E-state index is -0.540. The van der Waals surface area contributed by atoms with Crippen LogP contribution < -0.4 is 16.4 Å². The summed E-state index contributed by atoms with van der Waals surface area (Å²) >= 11 is 0. The summed E-state index contributed by atoms with van der Waals surface area (Å²) < 4.78 is 14.1. The number of fused-ring (bicyclic) bond motifs is 1. The number of amides is 1. The zero-order valence-corrected chi connectivity index (χ0v) is 17.8. The number of anilines is 2. The van der Waals surface area contributed by atoms with Crippen molar-refractivity contribution in [2.75, 3.05) is 18.1 Å². The fourth-order valence-corrected chi connectivity index (χ4v) is 3.59. The number of nitrogens with one attached hydrogen (secondary N) is 2. The Kier molecular flexibility index (Phi) is 5.78. The SMILES string of the molecule is CNC(=O)c1c(-c2ccccn2)c(C(C)Nc2ncnc(N)c2C#N)nc2ccc(F)cc12. The number of carbonyl (C=O) groups is 1. The van der Waals surface area contributed by atoms with E-state index < -0.39 is 17.8 Å². The Morgan fingerprint density at radius 1 is 1.21 bits per heavy atom. The lowest BCUT2D eigenvalue weighted by Crippen LogP contribution is -2.22. The van der Waals surface area contributed by atoms with Crippen molar-refractivity contribution < 1.29 is 9.18 Å². The highest BCUT2D eigenvalue weighted by molar-refractivity contribution is 6.11. The van der Waals surface area contributed by atoms with Crippen molar-refractivity contribution in [3.05, 3.63) is 71.6 Å². The van der Waals surface area contributed by atoms with E-state index in [4.69, 9.17) is 10.7 Å². The van der Waals surface area contributed by atoms with Crippen molar-refractivity contribution >= 4 is 28.4 Å². The molecule has 9 nitrogen and oxygen atoms in total. The van der Waals surface area contributed by atoms with Crippen molar-refractivity contribution in [2.45, 2.75) is 13.0 Å². The number of nitrogens with zero attached hydrogens (tertiary/aromatic N) is 5. The Hall–Kier alpha value is -4.65. The zero-order chi connectivity index (χ0) is 23.5. The first-order chi connectivity index (χ1) is 15.9. The van der Waals surface area contributed by atoms with Crippen molar-refractivity contribution in [1.82, 2.24) is 25.3 Å². The molecule has 0 radical (unpaired) electrons. The number of hydrogen-bond acceptors (Lipinski definition) is 8. The Balaban J connectivity index is 2.00. The summed E-state index contributed by atoms with van der Waals surface area (Å²) in [5, 5.41) is 15.6. The second-order valence-corrected chi connectivity index (χ2v) is 7.16. The van der Waals surface area contributed by atoms with Gasteiger partial charge in [-0.25, -0.2) is 19.3 Å². The summed E-state index contributed by atoms with van der Waals surface area (Å²) in [4.78, 5) is 30.1. The normalized spacial score (nSPS) is 11.6. The van der Waals surface area contributed by atoms with Gasteiger partial charge in [-0.2, -0.15) is 5.26 Å². The van der Waals surface area contributed by atoms with Crippen molar-refractivity contribution in [3.63, 3.8) is 0 Å². The van der Waals surface area contributed by atoms with Gasteiger partial charge >= 0.3 is 0 Å². The molecule has 3 heterocycles. The molecule has 1 aromatic carbocycles. The van der Waals surface area contributed by atoms with Gasteiger partial charge in [0, 0.05) is 24.2 Å². The van der Waals surface area contributed by atoms with Crippen molar-refractivity contribution in [1.29, 1.82) is 5.26 Å². The standard InChI is InChI=1S/C23H19FN8O/c1-12(31-22-15(10-25)21(26)29-11-30-22)20-19(17-5-3-4-8-28-17)18(23(33)27-2)14-9-13(24)6-7-16(14)32-20/h3-9,11-12H,1-2H3,(H,27,33)(H3,26,29,30,31). The van der Waals surface area contributed by atoms with Gasteiger partial charge in [-0.3, -0.25) is 9.78 Å². The van der Waals surface area contributed by atoms with E-state index in [-0.39, 0.29) is 22.8 Å². The lowest BCUT2D eigenvalue weighted by molar-refractivity contribution is 0.0965. The molecule has 0 saturated carbocycles. The third-order valence-electron chi connectivity index (χ3n) is 5.10. The van der Waals surface area contributed by atoms with E-state index in [1.165, 1.54) is 31.6 Å². The van der Waals surface area contributed by atoms with E-state index in [9.17, 15) is 14.4 Å². The number of nitrogen functional groups attached to an aromatic ring is 1. The van der Waals surface area contributed by atoms with Crippen molar-refractivity contribution in [3.8, 4) is 17.3 Å². The number of carbonyl (C=O) groups excluding carboxylic acids is 1. The van der Waals surface area contributed by atoms with Crippen LogP contribution in [0.4, 0.5) is 16.0 Å². The van der Waals surface area contributed by atoms with Crippen LogP contribution in [-0.4, -0.2) is 32.9 Å². The lowest BCUT2D eigenvalue weighted by atomic mass is 9.94. The number of rotatable bonds is 5. The Bertz CT molecular complexity index is 1400. The highest BCUT2D eigenvalue weighted by atomic mass is 19.1. The summed E-state index contributed by atoms with van der Waals surface area (Å²) in [5.74, 6) is -0.631. The predicted molar refractivity (Wildman–Crippen MR) is 122 cm³/mol. The molecule has 4 rings (SSSR count). The number of aromatic nitrogens is 4. The smallest absolute Gasteiger partial charge is 0.252 e. The summed E-state index contributed by atoms with van der Waals surface area (Å²) in [6.07, 6.45) is 2.84. The van der Waals surface area contributed by atoms with Crippen LogP contribution in [-0.2, 0) is 0 Å². The Morgan fingerprint density at radius 2 is 2.03 bits per heavy atom. The van der Waals surface area contributed by atoms with Gasteiger partial charge in [0.25, 0.3) is 5.91 Å². The molecule has 0 aliphatic rings. The zero-order valence-electron chi connectivity index (χ0n) is 17.8. The summed E-state index contributed by atoms with van der Waals surface area (Å²) in [6.45, 7) is 1.80. The average Bonchev–Trinajstić information content (AvgIpc) is 2.83. The highest BCUT2D eigenvalue weighted by Gasteiger charge is 2.26. The maximum Gasteiger partial charge on any atom is 0.252 e. The highest BCUT2D eigenvalue weighted by Crippen LogP contribution is 2.35. The number of pyridine rings is 2. The van der Waals surface area contributed by atoms with Gasteiger partial charge in [0.1, 0.15) is 35.4 Å². The van der Waals surface area contributed by atoms with Crippen LogP contribution in [0.2, 0.25) is 0 Å². The molecule has 0 bridgehead atoms. The maximum absolute atomic E-state index is 14.1. The van der Waals surface area contributed by atoms with Gasteiger partial charge < -0.3 is 16.4 Å². The number of nitrogens with two attached hydrogens (primary N) is 1. The number of hydrogen-bond donors (Lipinski definition) is 3. The molecule has 0 saturated heterocycles. The third kappa shape index (κ3) is 3.99. The van der Waals surface area contributed by atoms with Crippen LogP contribution in [0.3, 0.4) is 0 Å². The minimum Gasteiger partial charge on any atom is -0.382 e. The molecule has 4 aromatic rings. The molecule has 4 N–H and O–H groups in total.